The molecular weight excluding hydrogens is 420 g/mol. The fourth-order valence-corrected chi connectivity index (χ4v) is 4.74. The van der Waals surface area contributed by atoms with Crippen LogP contribution in [-0.4, -0.2) is 5.78 Å². The summed E-state index contributed by atoms with van der Waals surface area (Å²) in [4.78, 5) is 14.9. The molecule has 0 heterocycles. The molecule has 0 saturated heterocycles. The number of benzene rings is 5. The Morgan fingerprint density at radius 3 is 1.55 bits per heavy atom. The summed E-state index contributed by atoms with van der Waals surface area (Å²) >= 11 is 1.71. The number of ketones is 1. The molecule has 0 fully saturated rings. The standard InChI is InChI=1S/C31H22OS/c32-31(25-14-8-3-9-15-25)26-16-18-27(19-17-26)33-28-20-21-29(23-10-4-1-5-11-23)30(22-28)24-12-6-2-7-13-24/h1-22H. The molecule has 0 spiro atoms. The molecule has 0 atom stereocenters. The Morgan fingerprint density at radius 1 is 0.455 bits per heavy atom. The van der Waals surface area contributed by atoms with E-state index in [0.717, 1.165) is 9.79 Å². The quantitative estimate of drug-likeness (QED) is 0.246. The SMILES string of the molecule is O=C(c1ccccc1)c1ccc(Sc2ccc(-c3ccccc3)c(-c3ccccc3)c2)cc1. The molecule has 158 valence electrons. The number of hydrogen-bond donors (Lipinski definition) is 0. The predicted molar refractivity (Wildman–Crippen MR) is 138 cm³/mol. The van der Waals surface area contributed by atoms with Crippen molar-refractivity contribution in [2.45, 2.75) is 9.79 Å². The Bertz CT molecular complexity index is 1360. The van der Waals surface area contributed by atoms with Crippen LogP contribution < -0.4 is 0 Å². The van der Waals surface area contributed by atoms with E-state index < -0.39 is 0 Å². The molecule has 0 unspecified atom stereocenters. The van der Waals surface area contributed by atoms with E-state index in [0.29, 0.717) is 11.1 Å². The van der Waals surface area contributed by atoms with E-state index in [1.807, 2.05) is 66.7 Å². The maximum atomic E-state index is 12.7. The van der Waals surface area contributed by atoms with Gasteiger partial charge < -0.3 is 0 Å². The van der Waals surface area contributed by atoms with Crippen molar-refractivity contribution in [3.05, 3.63) is 145 Å². The summed E-state index contributed by atoms with van der Waals surface area (Å²) in [5.41, 5.74) is 6.24. The lowest BCUT2D eigenvalue weighted by Crippen LogP contribution is -2.00. The highest BCUT2D eigenvalue weighted by Crippen LogP contribution is 2.37. The molecule has 5 aromatic rings. The first-order chi connectivity index (χ1) is 16.3. The van der Waals surface area contributed by atoms with Gasteiger partial charge in [0.2, 0.25) is 0 Å². The van der Waals surface area contributed by atoms with E-state index in [-0.39, 0.29) is 5.78 Å². The molecule has 0 bridgehead atoms. The van der Waals surface area contributed by atoms with Gasteiger partial charge in [-0.2, -0.15) is 0 Å². The van der Waals surface area contributed by atoms with Gasteiger partial charge in [0.15, 0.2) is 5.78 Å². The molecule has 0 aliphatic heterocycles. The van der Waals surface area contributed by atoms with Crippen molar-refractivity contribution >= 4 is 17.5 Å². The van der Waals surface area contributed by atoms with E-state index in [4.69, 9.17) is 0 Å². The number of rotatable bonds is 6. The lowest BCUT2D eigenvalue weighted by atomic mass is 9.95. The normalized spacial score (nSPS) is 10.7. The Balaban J connectivity index is 1.44. The lowest BCUT2D eigenvalue weighted by Gasteiger charge is -2.13. The predicted octanol–water partition coefficient (Wildman–Crippen LogP) is 8.40. The van der Waals surface area contributed by atoms with Gasteiger partial charge >= 0.3 is 0 Å². The van der Waals surface area contributed by atoms with Crippen LogP contribution in [0.25, 0.3) is 22.3 Å². The monoisotopic (exact) mass is 442 g/mol. The summed E-state index contributed by atoms with van der Waals surface area (Å²) < 4.78 is 0. The number of carbonyl (C=O) groups is 1. The largest absolute Gasteiger partial charge is 0.289 e. The molecule has 0 N–H and O–H groups in total. The Labute approximate surface area is 198 Å². The second-order valence-corrected chi connectivity index (χ2v) is 8.91. The Kier molecular flexibility index (Phi) is 6.19. The Morgan fingerprint density at radius 2 is 0.939 bits per heavy atom. The van der Waals surface area contributed by atoms with E-state index in [9.17, 15) is 4.79 Å². The molecule has 0 saturated carbocycles. The summed E-state index contributed by atoms with van der Waals surface area (Å²) in [6.07, 6.45) is 0. The van der Waals surface area contributed by atoms with Crippen LogP contribution in [0.4, 0.5) is 0 Å². The second kappa shape index (κ2) is 9.72. The maximum absolute atomic E-state index is 12.7. The van der Waals surface area contributed by atoms with Crippen molar-refractivity contribution < 1.29 is 4.79 Å². The van der Waals surface area contributed by atoms with Gasteiger partial charge in [-0.05, 0) is 58.7 Å². The molecule has 0 aliphatic carbocycles. The van der Waals surface area contributed by atoms with Gasteiger partial charge in [0.1, 0.15) is 0 Å². The molecule has 1 nitrogen and oxygen atoms in total. The number of carbonyl (C=O) groups excluding carboxylic acids is 1. The zero-order valence-electron chi connectivity index (χ0n) is 18.0. The van der Waals surface area contributed by atoms with Crippen LogP contribution in [0.3, 0.4) is 0 Å². The maximum Gasteiger partial charge on any atom is 0.193 e. The van der Waals surface area contributed by atoms with Gasteiger partial charge in [-0.25, -0.2) is 0 Å². The van der Waals surface area contributed by atoms with Crippen LogP contribution >= 0.6 is 11.8 Å². The summed E-state index contributed by atoms with van der Waals surface area (Å²) in [5, 5.41) is 0. The third-order valence-corrected chi connectivity index (χ3v) is 6.55. The van der Waals surface area contributed by atoms with E-state index in [2.05, 4.69) is 66.7 Å². The fraction of sp³-hybridized carbons (Fsp3) is 0. The summed E-state index contributed by atoms with van der Waals surface area (Å²) in [6.45, 7) is 0. The summed E-state index contributed by atoms with van der Waals surface area (Å²) in [7, 11) is 0. The molecule has 0 aliphatic rings. The molecule has 0 amide bonds. The van der Waals surface area contributed by atoms with Crippen LogP contribution in [0.2, 0.25) is 0 Å². The molecule has 0 radical (unpaired) electrons. The van der Waals surface area contributed by atoms with Crippen LogP contribution in [0.5, 0.6) is 0 Å². The van der Waals surface area contributed by atoms with Crippen molar-refractivity contribution in [1.82, 2.24) is 0 Å². The first-order valence-corrected chi connectivity index (χ1v) is 11.7. The van der Waals surface area contributed by atoms with Gasteiger partial charge in [0.25, 0.3) is 0 Å². The fourth-order valence-electron chi connectivity index (χ4n) is 3.88. The summed E-state index contributed by atoms with van der Waals surface area (Å²) in [5.74, 6) is 0.0470. The van der Waals surface area contributed by atoms with E-state index >= 15 is 0 Å². The zero-order chi connectivity index (χ0) is 22.5. The average molecular weight is 443 g/mol. The molecular formula is C31H22OS. The zero-order valence-corrected chi connectivity index (χ0v) is 18.8. The van der Waals surface area contributed by atoms with Crippen LogP contribution in [-0.2, 0) is 0 Å². The van der Waals surface area contributed by atoms with Crippen molar-refractivity contribution in [2.24, 2.45) is 0 Å². The third kappa shape index (κ3) is 4.82. The van der Waals surface area contributed by atoms with Crippen molar-refractivity contribution in [3.8, 4) is 22.3 Å². The summed E-state index contributed by atoms with van der Waals surface area (Å²) in [6, 6.07) is 44.9. The minimum atomic E-state index is 0.0470. The van der Waals surface area contributed by atoms with Crippen molar-refractivity contribution in [2.75, 3.05) is 0 Å². The molecule has 0 aromatic heterocycles. The van der Waals surface area contributed by atoms with Gasteiger partial charge in [-0.15, -0.1) is 0 Å². The van der Waals surface area contributed by atoms with Crippen LogP contribution in [0.1, 0.15) is 15.9 Å². The minimum Gasteiger partial charge on any atom is -0.289 e. The highest BCUT2D eigenvalue weighted by atomic mass is 32.2. The number of hydrogen-bond acceptors (Lipinski definition) is 2. The average Bonchev–Trinajstić information content (AvgIpc) is 2.90. The lowest BCUT2D eigenvalue weighted by molar-refractivity contribution is 0.103. The molecule has 5 rings (SSSR count). The van der Waals surface area contributed by atoms with E-state index in [1.54, 1.807) is 11.8 Å². The highest BCUT2D eigenvalue weighted by Gasteiger charge is 2.11. The highest BCUT2D eigenvalue weighted by molar-refractivity contribution is 7.99. The van der Waals surface area contributed by atoms with Crippen molar-refractivity contribution in [3.63, 3.8) is 0 Å². The van der Waals surface area contributed by atoms with Gasteiger partial charge in [0, 0.05) is 20.9 Å². The first-order valence-electron chi connectivity index (χ1n) is 10.9. The molecule has 2 heteroatoms. The topological polar surface area (TPSA) is 17.1 Å². The van der Waals surface area contributed by atoms with E-state index in [1.165, 1.54) is 22.3 Å². The van der Waals surface area contributed by atoms with Gasteiger partial charge in [-0.1, -0.05) is 109 Å². The molecule has 33 heavy (non-hydrogen) atoms. The van der Waals surface area contributed by atoms with Crippen LogP contribution in [0, 0.1) is 0 Å². The Hall–Kier alpha value is -3.88. The smallest absolute Gasteiger partial charge is 0.193 e. The first kappa shape index (κ1) is 21.0. The minimum absolute atomic E-state index is 0.0470. The van der Waals surface area contributed by atoms with Crippen LogP contribution in [0.15, 0.2) is 143 Å². The van der Waals surface area contributed by atoms with Gasteiger partial charge in [-0.3, -0.25) is 4.79 Å². The molecule has 5 aromatic carbocycles. The second-order valence-electron chi connectivity index (χ2n) is 7.76. The van der Waals surface area contributed by atoms with Gasteiger partial charge in [0.05, 0.1) is 0 Å². The third-order valence-electron chi connectivity index (χ3n) is 5.55. The van der Waals surface area contributed by atoms with Crippen molar-refractivity contribution in [1.29, 1.82) is 0 Å².